The van der Waals surface area contributed by atoms with Crippen LogP contribution in [0.1, 0.15) is 25.3 Å². The van der Waals surface area contributed by atoms with Crippen LogP contribution >= 0.6 is 0 Å². The van der Waals surface area contributed by atoms with Gasteiger partial charge >= 0.3 is 0 Å². The monoisotopic (exact) mass is 290 g/mol. The van der Waals surface area contributed by atoms with Crippen molar-refractivity contribution in [1.82, 2.24) is 4.90 Å². The highest BCUT2D eigenvalue weighted by atomic mass is 16.4. The normalized spacial score (nSPS) is 18.8. The van der Waals surface area contributed by atoms with E-state index in [4.69, 9.17) is 10.9 Å². The summed E-state index contributed by atoms with van der Waals surface area (Å²) in [5.74, 6) is 0.322. The van der Waals surface area contributed by atoms with Crippen molar-refractivity contribution in [3.63, 3.8) is 0 Å². The summed E-state index contributed by atoms with van der Waals surface area (Å²) < 4.78 is 0. The van der Waals surface area contributed by atoms with Gasteiger partial charge < -0.3 is 15.8 Å². The molecule has 0 spiro atoms. The van der Waals surface area contributed by atoms with Gasteiger partial charge in [-0.05, 0) is 31.0 Å². The molecule has 3 N–H and O–H groups in total. The first kappa shape index (κ1) is 15.6. The Morgan fingerprint density at radius 3 is 2.62 bits per heavy atom. The summed E-state index contributed by atoms with van der Waals surface area (Å²) in [5.41, 5.74) is 8.26. The molecule has 0 aromatic heterocycles. The minimum atomic E-state index is 0.322. The highest BCUT2D eigenvalue weighted by Crippen LogP contribution is 2.20. The third-order valence-electron chi connectivity index (χ3n) is 4.24. The quantitative estimate of drug-likeness (QED) is 0.377. The lowest BCUT2D eigenvalue weighted by Crippen LogP contribution is -2.51. The van der Waals surface area contributed by atoms with Crippen molar-refractivity contribution in [3.8, 4) is 0 Å². The van der Waals surface area contributed by atoms with Gasteiger partial charge in [-0.1, -0.05) is 24.2 Å². The molecule has 21 heavy (non-hydrogen) atoms. The van der Waals surface area contributed by atoms with Crippen molar-refractivity contribution in [2.24, 2.45) is 10.9 Å². The lowest BCUT2D eigenvalue weighted by molar-refractivity contribution is 0.182. The van der Waals surface area contributed by atoms with Gasteiger partial charge in [0.25, 0.3) is 0 Å². The van der Waals surface area contributed by atoms with E-state index < -0.39 is 0 Å². The molecule has 0 radical (unpaired) electrons. The predicted molar refractivity (Wildman–Crippen MR) is 87.1 cm³/mol. The van der Waals surface area contributed by atoms with Crippen LogP contribution < -0.4 is 10.6 Å². The second-order valence-electron chi connectivity index (χ2n) is 5.72. The summed E-state index contributed by atoms with van der Waals surface area (Å²) in [7, 11) is 0. The maximum Gasteiger partial charge on any atom is 0.140 e. The van der Waals surface area contributed by atoms with Gasteiger partial charge in [0.2, 0.25) is 0 Å². The number of amidine groups is 1. The first-order chi connectivity index (χ1) is 10.1. The zero-order chi connectivity index (χ0) is 15.2. The largest absolute Gasteiger partial charge is 0.409 e. The first-order valence-corrected chi connectivity index (χ1v) is 7.66. The molecule has 2 rings (SSSR count). The number of nitrogens with zero attached hydrogens (tertiary/aromatic N) is 3. The predicted octanol–water partition coefficient (Wildman–Crippen LogP) is 2.03. The summed E-state index contributed by atoms with van der Waals surface area (Å²) in [6.45, 7) is 8.37. The zero-order valence-corrected chi connectivity index (χ0v) is 13.0. The Bertz CT molecular complexity index is 481. The molecule has 0 aliphatic carbocycles. The van der Waals surface area contributed by atoms with Crippen molar-refractivity contribution in [3.05, 3.63) is 29.8 Å². The number of nitrogens with two attached hydrogens (primary N) is 1. The van der Waals surface area contributed by atoms with E-state index in [-0.39, 0.29) is 0 Å². The number of hydrogen-bond acceptors (Lipinski definition) is 4. The van der Waals surface area contributed by atoms with Gasteiger partial charge in [-0.15, -0.1) is 0 Å². The molecule has 5 heteroatoms. The van der Waals surface area contributed by atoms with E-state index in [9.17, 15) is 0 Å². The summed E-state index contributed by atoms with van der Waals surface area (Å²) in [4.78, 5) is 4.88. The number of rotatable bonds is 5. The zero-order valence-electron chi connectivity index (χ0n) is 13.0. The SMILES string of the molecule is CCC(C/C(N)=N/O)N1CCN(c2cccc(C)c2)CC1. The second kappa shape index (κ2) is 7.31. The highest BCUT2D eigenvalue weighted by molar-refractivity contribution is 5.80. The van der Waals surface area contributed by atoms with Crippen molar-refractivity contribution < 1.29 is 5.21 Å². The third kappa shape index (κ3) is 4.11. The van der Waals surface area contributed by atoms with Crippen LogP contribution in [0.25, 0.3) is 0 Å². The molecule has 1 aliphatic heterocycles. The van der Waals surface area contributed by atoms with E-state index in [0.717, 1.165) is 32.6 Å². The van der Waals surface area contributed by atoms with Gasteiger partial charge in [0, 0.05) is 44.3 Å². The Morgan fingerprint density at radius 2 is 2.05 bits per heavy atom. The number of piperazine rings is 1. The fourth-order valence-electron chi connectivity index (χ4n) is 2.98. The summed E-state index contributed by atoms with van der Waals surface area (Å²) >= 11 is 0. The fourth-order valence-corrected chi connectivity index (χ4v) is 2.98. The molecule has 0 amide bonds. The van der Waals surface area contributed by atoms with Crippen LogP contribution in [-0.4, -0.2) is 48.2 Å². The molecule has 0 bridgehead atoms. The van der Waals surface area contributed by atoms with Gasteiger partial charge in [0.15, 0.2) is 0 Å². The Hall–Kier alpha value is -1.75. The van der Waals surface area contributed by atoms with E-state index in [2.05, 4.69) is 53.1 Å². The average Bonchev–Trinajstić information content (AvgIpc) is 2.52. The molecule has 1 atom stereocenters. The Kier molecular flexibility index (Phi) is 5.44. The van der Waals surface area contributed by atoms with Crippen LogP contribution in [0.15, 0.2) is 29.4 Å². The molecule has 5 nitrogen and oxygen atoms in total. The van der Waals surface area contributed by atoms with Crippen LogP contribution in [-0.2, 0) is 0 Å². The number of hydrogen-bond donors (Lipinski definition) is 2. The van der Waals surface area contributed by atoms with E-state index in [1.165, 1.54) is 11.3 Å². The molecule has 1 fully saturated rings. The van der Waals surface area contributed by atoms with E-state index in [0.29, 0.717) is 18.3 Å². The molecule has 0 saturated carbocycles. The molecule has 1 aliphatic rings. The van der Waals surface area contributed by atoms with Crippen LogP contribution in [0.2, 0.25) is 0 Å². The lowest BCUT2D eigenvalue weighted by atomic mass is 10.1. The van der Waals surface area contributed by atoms with Crippen molar-refractivity contribution >= 4 is 11.5 Å². The number of anilines is 1. The number of benzene rings is 1. The van der Waals surface area contributed by atoms with E-state index in [1.807, 2.05) is 0 Å². The summed E-state index contributed by atoms with van der Waals surface area (Å²) in [6.07, 6.45) is 1.65. The van der Waals surface area contributed by atoms with Gasteiger partial charge in [0.05, 0.1) is 0 Å². The van der Waals surface area contributed by atoms with Crippen molar-refractivity contribution in [1.29, 1.82) is 0 Å². The topological polar surface area (TPSA) is 65.1 Å². The van der Waals surface area contributed by atoms with Gasteiger partial charge in [-0.25, -0.2) is 0 Å². The minimum absolute atomic E-state index is 0.322. The third-order valence-corrected chi connectivity index (χ3v) is 4.24. The van der Waals surface area contributed by atoms with Crippen LogP contribution in [0, 0.1) is 6.92 Å². The first-order valence-electron chi connectivity index (χ1n) is 7.66. The van der Waals surface area contributed by atoms with Crippen molar-refractivity contribution in [2.75, 3.05) is 31.1 Å². The Balaban J connectivity index is 1.93. The molecule has 1 heterocycles. The van der Waals surface area contributed by atoms with Gasteiger partial charge in [-0.2, -0.15) is 0 Å². The molecule has 116 valence electrons. The highest BCUT2D eigenvalue weighted by Gasteiger charge is 2.23. The Labute approximate surface area is 127 Å². The molecule has 1 aromatic rings. The molecule has 1 aromatic carbocycles. The Morgan fingerprint density at radius 1 is 1.33 bits per heavy atom. The maximum atomic E-state index is 8.73. The molecular formula is C16H26N4O. The average molecular weight is 290 g/mol. The minimum Gasteiger partial charge on any atom is -0.409 e. The fraction of sp³-hybridized carbons (Fsp3) is 0.562. The van der Waals surface area contributed by atoms with Crippen LogP contribution in [0.5, 0.6) is 0 Å². The number of aryl methyl sites for hydroxylation is 1. The standard InChI is InChI=1S/C16H26N4O/c1-3-14(12-16(17)18-21)19-7-9-20(10-8-19)15-6-4-5-13(2)11-15/h4-6,11,14,21H,3,7-10,12H2,1-2H3,(H2,17,18). The van der Waals surface area contributed by atoms with E-state index in [1.54, 1.807) is 0 Å². The number of oxime groups is 1. The smallest absolute Gasteiger partial charge is 0.140 e. The second-order valence-corrected chi connectivity index (χ2v) is 5.72. The molecular weight excluding hydrogens is 264 g/mol. The van der Waals surface area contributed by atoms with E-state index >= 15 is 0 Å². The van der Waals surface area contributed by atoms with Crippen molar-refractivity contribution in [2.45, 2.75) is 32.7 Å². The van der Waals surface area contributed by atoms with Gasteiger partial charge in [0.1, 0.15) is 5.84 Å². The summed E-state index contributed by atoms with van der Waals surface area (Å²) in [6, 6.07) is 9.02. The molecule has 1 unspecified atom stereocenters. The van der Waals surface area contributed by atoms with Crippen LogP contribution in [0.4, 0.5) is 5.69 Å². The lowest BCUT2D eigenvalue weighted by Gasteiger charge is -2.40. The maximum absolute atomic E-state index is 8.73. The van der Waals surface area contributed by atoms with Gasteiger partial charge in [-0.3, -0.25) is 4.90 Å². The summed E-state index contributed by atoms with van der Waals surface area (Å²) in [5, 5.41) is 11.8. The van der Waals surface area contributed by atoms with Crippen LogP contribution in [0.3, 0.4) is 0 Å². The molecule has 1 saturated heterocycles.